The molecular weight excluding hydrogens is 332 g/mol. The van der Waals surface area contributed by atoms with Gasteiger partial charge in [-0.05, 0) is 31.0 Å². The number of ketones is 1. The maximum Gasteiger partial charge on any atom is 0.220 e. The molecule has 0 aromatic heterocycles. The second kappa shape index (κ2) is 5.99. The molecule has 2 atom stereocenters. The minimum Gasteiger partial charge on any atom is -0.332 e. The van der Waals surface area contributed by atoms with Crippen LogP contribution in [0, 0.1) is 11.6 Å². The van der Waals surface area contributed by atoms with Gasteiger partial charge in [0, 0.05) is 18.3 Å². The van der Waals surface area contributed by atoms with Crippen molar-refractivity contribution in [3.8, 4) is 0 Å². The highest BCUT2D eigenvalue weighted by Gasteiger charge is 2.35. The monoisotopic (exact) mass is 345 g/mol. The minimum atomic E-state index is -0.767. The lowest BCUT2D eigenvalue weighted by Gasteiger charge is -2.36. The number of alkyl halides is 1. The summed E-state index contributed by atoms with van der Waals surface area (Å²) in [5.74, 6) is -2.23. The lowest BCUT2D eigenvalue weighted by molar-refractivity contribution is -0.131. The number of hydrogen-bond acceptors (Lipinski definition) is 2. The molecule has 0 N–H and O–H groups in total. The van der Waals surface area contributed by atoms with Crippen LogP contribution < -0.4 is 0 Å². The van der Waals surface area contributed by atoms with Gasteiger partial charge in [0.25, 0.3) is 0 Å². The second-order valence-corrected chi connectivity index (χ2v) is 6.13. The number of nitrogens with zero attached hydrogens (tertiary/aromatic N) is 1. The van der Waals surface area contributed by atoms with Gasteiger partial charge in [0.1, 0.15) is 11.6 Å². The molecule has 20 heavy (non-hydrogen) atoms. The van der Waals surface area contributed by atoms with E-state index in [2.05, 4.69) is 15.9 Å². The molecule has 1 fully saturated rings. The average Bonchev–Trinajstić information content (AvgIpc) is 2.40. The summed E-state index contributed by atoms with van der Waals surface area (Å²) in [5.41, 5.74) is -0.303. The van der Waals surface area contributed by atoms with Gasteiger partial charge in [-0.1, -0.05) is 15.9 Å². The van der Waals surface area contributed by atoms with E-state index >= 15 is 0 Å². The zero-order chi connectivity index (χ0) is 14.9. The lowest BCUT2D eigenvalue weighted by Crippen LogP contribution is -2.49. The highest BCUT2D eigenvalue weighted by atomic mass is 79.9. The van der Waals surface area contributed by atoms with Gasteiger partial charge in [-0.25, -0.2) is 8.78 Å². The van der Waals surface area contributed by atoms with E-state index in [9.17, 15) is 18.4 Å². The van der Waals surface area contributed by atoms with E-state index in [1.807, 2.05) is 0 Å². The Morgan fingerprint density at radius 3 is 2.70 bits per heavy atom. The molecule has 1 saturated heterocycles. The van der Waals surface area contributed by atoms with E-state index in [1.54, 1.807) is 0 Å². The van der Waals surface area contributed by atoms with Crippen LogP contribution in [0.4, 0.5) is 8.78 Å². The first-order valence-corrected chi connectivity index (χ1v) is 7.22. The molecule has 2 unspecified atom stereocenters. The third-order valence-corrected chi connectivity index (χ3v) is 4.27. The molecule has 1 heterocycles. The zero-order valence-electron chi connectivity index (χ0n) is 10.9. The molecular formula is C14H14BrF2NO2. The first-order chi connectivity index (χ1) is 9.40. The molecule has 0 bridgehead atoms. The van der Waals surface area contributed by atoms with Gasteiger partial charge >= 0.3 is 0 Å². The van der Waals surface area contributed by atoms with Crippen molar-refractivity contribution < 1.29 is 18.4 Å². The van der Waals surface area contributed by atoms with E-state index in [1.165, 1.54) is 11.8 Å². The van der Waals surface area contributed by atoms with Gasteiger partial charge in [0.15, 0.2) is 5.78 Å². The van der Waals surface area contributed by atoms with E-state index in [0.29, 0.717) is 13.0 Å². The van der Waals surface area contributed by atoms with Gasteiger partial charge in [0.2, 0.25) is 5.91 Å². The molecule has 1 aromatic rings. The molecule has 1 aliphatic heterocycles. The topological polar surface area (TPSA) is 37.4 Å². The molecule has 1 amide bonds. The number of piperidine rings is 1. The second-order valence-electron chi connectivity index (χ2n) is 4.84. The smallest absolute Gasteiger partial charge is 0.220 e. The number of carbonyl (C=O) groups is 2. The Hall–Kier alpha value is -1.30. The van der Waals surface area contributed by atoms with Gasteiger partial charge < -0.3 is 4.90 Å². The Bertz CT molecular complexity index is 550. The van der Waals surface area contributed by atoms with Crippen LogP contribution >= 0.6 is 15.9 Å². The van der Waals surface area contributed by atoms with Crippen LogP contribution in [0.2, 0.25) is 0 Å². The minimum absolute atomic E-state index is 0.0867. The molecule has 0 saturated carbocycles. The van der Waals surface area contributed by atoms with Gasteiger partial charge in [-0.3, -0.25) is 9.59 Å². The summed E-state index contributed by atoms with van der Waals surface area (Å²) in [4.78, 5) is 25.5. The van der Waals surface area contributed by atoms with E-state index in [0.717, 1.165) is 24.6 Å². The highest BCUT2D eigenvalue weighted by Crippen LogP contribution is 2.26. The van der Waals surface area contributed by atoms with Crippen LogP contribution in [0.5, 0.6) is 0 Å². The number of amides is 1. The average molecular weight is 346 g/mol. The maximum absolute atomic E-state index is 13.7. The molecule has 2 rings (SSSR count). The number of benzene rings is 1. The molecule has 0 radical (unpaired) electrons. The zero-order valence-corrected chi connectivity index (χ0v) is 12.5. The normalized spacial score (nSPS) is 22.7. The fourth-order valence-electron chi connectivity index (χ4n) is 2.41. The van der Waals surface area contributed by atoms with Gasteiger partial charge in [-0.15, -0.1) is 0 Å². The van der Waals surface area contributed by atoms with Crippen LogP contribution in [0.1, 0.15) is 30.1 Å². The number of likely N-dealkylation sites (tertiary alicyclic amines) is 1. The van der Waals surface area contributed by atoms with Crippen LogP contribution in [0.25, 0.3) is 0 Å². The molecule has 6 heteroatoms. The Kier molecular flexibility index (Phi) is 4.52. The summed E-state index contributed by atoms with van der Waals surface area (Å²) in [6.45, 7) is 1.80. The summed E-state index contributed by atoms with van der Waals surface area (Å²) < 4.78 is 26.9. The van der Waals surface area contributed by atoms with Crippen LogP contribution in [-0.4, -0.2) is 34.0 Å². The number of hydrogen-bond donors (Lipinski definition) is 0. The van der Waals surface area contributed by atoms with E-state index in [-0.39, 0.29) is 16.3 Å². The van der Waals surface area contributed by atoms with Crippen LogP contribution in [0.15, 0.2) is 18.2 Å². The SMILES string of the molecule is CC(=O)N1CCC(Br)CC1C(=O)c1cc(F)ccc1F. The Morgan fingerprint density at radius 1 is 1.35 bits per heavy atom. The predicted octanol–water partition coefficient (Wildman–Crippen LogP) is 2.92. The molecule has 108 valence electrons. The van der Waals surface area contributed by atoms with Gasteiger partial charge in [-0.2, -0.15) is 0 Å². The fraction of sp³-hybridized carbons (Fsp3) is 0.429. The highest BCUT2D eigenvalue weighted by molar-refractivity contribution is 9.09. The van der Waals surface area contributed by atoms with Crippen LogP contribution in [0.3, 0.4) is 0 Å². The lowest BCUT2D eigenvalue weighted by atomic mass is 9.94. The molecule has 1 aliphatic rings. The van der Waals surface area contributed by atoms with Crippen molar-refractivity contribution in [2.24, 2.45) is 0 Å². The Morgan fingerprint density at radius 2 is 2.05 bits per heavy atom. The molecule has 0 aliphatic carbocycles. The van der Waals surface area contributed by atoms with Crippen molar-refractivity contribution in [2.45, 2.75) is 30.6 Å². The standard InChI is InChI=1S/C14H14BrF2NO2/c1-8(19)18-5-4-9(15)6-13(18)14(20)11-7-10(16)2-3-12(11)17/h2-3,7,9,13H,4-6H2,1H3. The molecule has 1 aromatic carbocycles. The number of rotatable bonds is 2. The number of carbonyl (C=O) groups excluding carboxylic acids is 2. The predicted molar refractivity (Wildman–Crippen MR) is 73.8 cm³/mol. The van der Waals surface area contributed by atoms with Crippen molar-refractivity contribution in [3.05, 3.63) is 35.4 Å². The Labute approximate surface area is 124 Å². The summed E-state index contributed by atoms with van der Waals surface area (Å²) in [6, 6.07) is 2.02. The van der Waals surface area contributed by atoms with Crippen molar-refractivity contribution >= 4 is 27.6 Å². The van der Waals surface area contributed by atoms with Crippen molar-refractivity contribution in [1.82, 2.24) is 4.90 Å². The summed E-state index contributed by atoms with van der Waals surface area (Å²) in [5, 5.41) is 0. The summed E-state index contributed by atoms with van der Waals surface area (Å²) in [6.07, 6.45) is 1.13. The van der Waals surface area contributed by atoms with Crippen molar-refractivity contribution in [1.29, 1.82) is 0 Å². The third kappa shape index (κ3) is 3.06. The van der Waals surface area contributed by atoms with Crippen molar-refractivity contribution in [3.63, 3.8) is 0 Å². The Balaban J connectivity index is 2.33. The molecule has 0 spiro atoms. The number of Topliss-reactive ketones (excluding diaryl/α,β-unsaturated/α-hetero) is 1. The first kappa shape index (κ1) is 15.1. The molecule has 3 nitrogen and oxygen atoms in total. The summed E-state index contributed by atoms with van der Waals surface area (Å²) >= 11 is 3.42. The van der Waals surface area contributed by atoms with E-state index in [4.69, 9.17) is 0 Å². The number of halogens is 3. The summed E-state index contributed by atoms with van der Waals surface area (Å²) in [7, 11) is 0. The quantitative estimate of drug-likeness (QED) is 0.610. The first-order valence-electron chi connectivity index (χ1n) is 6.30. The fourth-order valence-corrected chi connectivity index (χ4v) is 2.97. The maximum atomic E-state index is 13.7. The van der Waals surface area contributed by atoms with Crippen molar-refractivity contribution in [2.75, 3.05) is 6.54 Å². The van der Waals surface area contributed by atoms with Gasteiger partial charge in [0.05, 0.1) is 11.6 Å². The van der Waals surface area contributed by atoms with E-state index < -0.39 is 23.5 Å². The largest absolute Gasteiger partial charge is 0.332 e. The third-order valence-electron chi connectivity index (χ3n) is 3.44. The van der Waals surface area contributed by atoms with Crippen LogP contribution in [-0.2, 0) is 4.79 Å².